The molecule has 4 atom stereocenters. The van der Waals surface area contributed by atoms with Gasteiger partial charge in [0.25, 0.3) is 0 Å². The molecule has 4 N–H and O–H groups in total. The monoisotopic (exact) mass is 714 g/mol. The Labute approximate surface area is 296 Å². The van der Waals surface area contributed by atoms with Gasteiger partial charge >= 0.3 is 0 Å². The molecule has 1 unspecified atom stereocenters. The van der Waals surface area contributed by atoms with Crippen molar-refractivity contribution in [2.45, 2.75) is 94.1 Å². The van der Waals surface area contributed by atoms with Crippen molar-refractivity contribution in [3.8, 4) is 16.9 Å². The molecule has 1 aliphatic heterocycles. The molecule has 3 aromatic rings. The summed E-state index contributed by atoms with van der Waals surface area (Å²) in [4.78, 5) is 18.7. The Kier molecular flexibility index (Phi) is 11.8. The zero-order valence-corrected chi connectivity index (χ0v) is 28.9. The molecule has 3 fully saturated rings. The third kappa shape index (κ3) is 8.75. The lowest BCUT2D eigenvalue weighted by atomic mass is 9.96. The van der Waals surface area contributed by atoms with E-state index in [2.05, 4.69) is 11.1 Å². The molecule has 2 aromatic carbocycles. The highest BCUT2D eigenvalue weighted by atomic mass is 35.5. The molecule has 1 saturated heterocycles. The van der Waals surface area contributed by atoms with Crippen LogP contribution in [-0.4, -0.2) is 93.0 Å². The number of aryl methyl sites for hydroxylation is 1. The predicted molar refractivity (Wildman–Crippen MR) is 184 cm³/mol. The summed E-state index contributed by atoms with van der Waals surface area (Å²) in [5, 5.41) is 40.6. The molecule has 12 heteroatoms. The molecule has 0 bridgehead atoms. The minimum atomic E-state index is -1.60. The average molecular weight is 716 g/mol. The van der Waals surface area contributed by atoms with E-state index in [4.69, 9.17) is 42.5 Å². The van der Waals surface area contributed by atoms with Gasteiger partial charge < -0.3 is 39.5 Å². The van der Waals surface area contributed by atoms with Gasteiger partial charge in [0.05, 0.1) is 37.9 Å². The van der Waals surface area contributed by atoms with Crippen LogP contribution in [0, 0.1) is 0 Å². The summed E-state index contributed by atoms with van der Waals surface area (Å²) in [6, 6.07) is 13.9. The number of hydrogen-bond donors (Lipinski definition) is 4. The van der Waals surface area contributed by atoms with Crippen molar-refractivity contribution >= 4 is 29.1 Å². The van der Waals surface area contributed by atoms with Crippen molar-refractivity contribution in [1.82, 2.24) is 9.88 Å². The molecule has 1 aromatic heterocycles. The topological polar surface area (TPSA) is 142 Å². The summed E-state index contributed by atoms with van der Waals surface area (Å²) in [6.07, 6.45) is 4.65. The van der Waals surface area contributed by atoms with Gasteiger partial charge in [0, 0.05) is 46.7 Å². The van der Waals surface area contributed by atoms with Crippen LogP contribution in [0.2, 0.25) is 10.0 Å². The third-order valence-corrected chi connectivity index (χ3v) is 10.3. The summed E-state index contributed by atoms with van der Waals surface area (Å²) in [5.41, 5.74) is 4.37. The first-order valence-electron chi connectivity index (χ1n) is 17.0. The molecule has 2 saturated carbocycles. The Morgan fingerprint density at radius 2 is 1.78 bits per heavy atom. The van der Waals surface area contributed by atoms with Gasteiger partial charge in [-0.25, -0.2) is 0 Å². The van der Waals surface area contributed by atoms with Crippen molar-refractivity contribution in [3.63, 3.8) is 0 Å². The lowest BCUT2D eigenvalue weighted by molar-refractivity contribution is -0.135. The fourth-order valence-electron chi connectivity index (χ4n) is 6.33. The first-order chi connectivity index (χ1) is 23.7. The van der Waals surface area contributed by atoms with Crippen LogP contribution in [-0.2, 0) is 32.9 Å². The number of hydrogen-bond acceptors (Lipinski definition) is 9. The molecule has 0 radical (unpaired) electrons. The second-order valence-corrected chi connectivity index (χ2v) is 14.1. The van der Waals surface area contributed by atoms with Crippen LogP contribution in [0.4, 0.5) is 0 Å². The van der Waals surface area contributed by atoms with Crippen molar-refractivity contribution < 1.29 is 39.4 Å². The minimum Gasteiger partial charge on any atom is -0.490 e. The molecule has 10 nitrogen and oxygen atoms in total. The average Bonchev–Trinajstić information content (AvgIpc) is 4.05. The zero-order valence-electron chi connectivity index (χ0n) is 27.3. The summed E-state index contributed by atoms with van der Waals surface area (Å²) in [7, 11) is 0. The number of benzene rings is 2. The molecule has 0 spiro atoms. The van der Waals surface area contributed by atoms with Gasteiger partial charge in [-0.05, 0) is 85.9 Å². The Balaban J connectivity index is 1.05. The number of halogens is 2. The predicted octanol–water partition coefficient (Wildman–Crippen LogP) is 4.82. The van der Waals surface area contributed by atoms with Crippen LogP contribution >= 0.6 is 23.2 Å². The Bertz CT molecular complexity index is 1600. The Morgan fingerprint density at radius 3 is 2.53 bits per heavy atom. The zero-order chi connectivity index (χ0) is 34.5. The quantitative estimate of drug-likeness (QED) is 0.154. The highest BCUT2D eigenvalue weighted by Crippen LogP contribution is 2.53. The fraction of sp³-hybridized carbons (Fsp3) is 0.514. The number of pyridine rings is 1. The molecule has 1 amide bonds. The number of carbonyl (C=O) groups is 1. The van der Waals surface area contributed by atoms with Gasteiger partial charge in [-0.3, -0.25) is 9.78 Å². The van der Waals surface area contributed by atoms with Crippen molar-refractivity contribution in [1.29, 1.82) is 0 Å². The van der Waals surface area contributed by atoms with Crippen molar-refractivity contribution in [2.75, 3.05) is 26.3 Å². The fourth-order valence-corrected chi connectivity index (χ4v) is 6.85. The lowest BCUT2D eigenvalue weighted by Crippen LogP contribution is -2.50. The number of rotatable bonds is 16. The summed E-state index contributed by atoms with van der Waals surface area (Å²) in [5.74, 6) is 0.767. The van der Waals surface area contributed by atoms with E-state index >= 15 is 0 Å². The second-order valence-electron chi connectivity index (χ2n) is 13.2. The number of unbranched alkanes of at least 4 members (excludes halogenated alkanes) is 1. The molecule has 2 heterocycles. The first kappa shape index (κ1) is 36.0. The van der Waals surface area contributed by atoms with Gasteiger partial charge in [0.2, 0.25) is 5.91 Å². The van der Waals surface area contributed by atoms with Gasteiger partial charge in [0.1, 0.15) is 30.2 Å². The second kappa shape index (κ2) is 16.0. The summed E-state index contributed by atoms with van der Waals surface area (Å²) >= 11 is 13.5. The maximum Gasteiger partial charge on any atom is 0.224 e. The van der Waals surface area contributed by atoms with E-state index in [1.165, 1.54) is 0 Å². The lowest BCUT2D eigenvalue weighted by Gasteiger charge is -2.30. The number of ether oxygens (including phenoxy) is 3. The van der Waals surface area contributed by atoms with Crippen LogP contribution in [0.3, 0.4) is 0 Å². The SMILES string of the molecule is O=C1CCOC([C@@H](O)[C@H](O)[C@H](O)CO)CN1CCCCc1cc(Cl)c(COC2(c3cnccc3-c3ccccc3OC3CC3)CC2)cc1Cl. The van der Waals surface area contributed by atoms with Crippen molar-refractivity contribution in [3.05, 3.63) is 81.6 Å². The Hall–Kier alpha value is -2.80. The number of aliphatic hydroxyl groups is 4. The van der Waals surface area contributed by atoms with Gasteiger partial charge in [-0.1, -0.05) is 41.4 Å². The number of para-hydroxylation sites is 1. The van der Waals surface area contributed by atoms with Crippen LogP contribution in [0.1, 0.15) is 61.6 Å². The highest BCUT2D eigenvalue weighted by molar-refractivity contribution is 6.34. The van der Waals surface area contributed by atoms with Gasteiger partial charge in [-0.15, -0.1) is 0 Å². The Morgan fingerprint density at radius 1 is 1.02 bits per heavy atom. The number of carbonyl (C=O) groups excluding carboxylic acids is 1. The standard InChI is InChI=1S/C37H44Cl2N2O8/c38-29-18-24(22-48-37(12-13-37)28-19-40-14-10-26(28)27-6-1-2-7-32(27)49-25-8-9-25)30(39)17-23(29)5-3-4-15-41-20-33(47-16-11-34(41)44)36(46)35(45)31(43)21-42/h1-2,6-7,10,14,17-19,25,31,33,35-36,42-43,45-46H,3-5,8-9,11-13,15-16,20-22H2/t31-,33?,35-,36-/m1/s1. The van der Waals surface area contributed by atoms with E-state index in [1.807, 2.05) is 42.6 Å². The molecule has 2 aliphatic carbocycles. The minimum absolute atomic E-state index is 0.0687. The normalized spacial score (nSPS) is 20.8. The number of aromatic nitrogens is 1. The molecule has 264 valence electrons. The number of aliphatic hydroxyl groups excluding tert-OH is 4. The molecular formula is C37H44Cl2N2O8. The van der Waals surface area contributed by atoms with E-state index in [-0.39, 0.29) is 31.6 Å². The molecule has 6 rings (SSSR count). The van der Waals surface area contributed by atoms with Gasteiger partial charge in [-0.2, -0.15) is 0 Å². The van der Waals surface area contributed by atoms with E-state index in [9.17, 15) is 20.1 Å². The van der Waals surface area contributed by atoms with E-state index < -0.39 is 36.6 Å². The van der Waals surface area contributed by atoms with Gasteiger partial charge in [0.15, 0.2) is 0 Å². The molecule has 3 aliphatic rings. The summed E-state index contributed by atoms with van der Waals surface area (Å²) < 4.78 is 18.4. The summed E-state index contributed by atoms with van der Waals surface area (Å²) in [6.45, 7) is 0.184. The molecule has 49 heavy (non-hydrogen) atoms. The van der Waals surface area contributed by atoms with Crippen LogP contribution in [0.15, 0.2) is 54.9 Å². The number of amides is 1. The first-order valence-corrected chi connectivity index (χ1v) is 17.8. The third-order valence-electron chi connectivity index (χ3n) is 9.57. The van der Waals surface area contributed by atoms with E-state index in [1.54, 1.807) is 11.1 Å². The van der Waals surface area contributed by atoms with Crippen LogP contribution in [0.25, 0.3) is 11.1 Å². The van der Waals surface area contributed by atoms with Crippen molar-refractivity contribution in [2.24, 2.45) is 0 Å². The van der Waals surface area contributed by atoms with Crippen LogP contribution < -0.4 is 4.74 Å². The smallest absolute Gasteiger partial charge is 0.224 e. The van der Waals surface area contributed by atoms with Crippen LogP contribution in [0.5, 0.6) is 5.75 Å². The largest absolute Gasteiger partial charge is 0.490 e. The molecular weight excluding hydrogens is 671 g/mol. The van der Waals surface area contributed by atoms with E-state index in [0.29, 0.717) is 36.0 Å². The number of nitrogens with zero attached hydrogens (tertiary/aromatic N) is 2. The van der Waals surface area contributed by atoms with E-state index in [0.717, 1.165) is 65.7 Å². The maximum atomic E-state index is 12.7. The maximum absolute atomic E-state index is 12.7. The highest BCUT2D eigenvalue weighted by Gasteiger charge is 2.48.